The lowest BCUT2D eigenvalue weighted by Gasteiger charge is -2.31. The first-order valence-electron chi connectivity index (χ1n) is 8.27. The molecule has 3 rings (SSSR count). The molecule has 1 saturated heterocycles. The van der Waals surface area contributed by atoms with Crippen molar-refractivity contribution in [3.8, 4) is 11.3 Å². The van der Waals surface area contributed by atoms with Gasteiger partial charge in [-0.25, -0.2) is 9.78 Å². The fourth-order valence-corrected chi connectivity index (χ4v) is 2.94. The highest BCUT2D eigenvalue weighted by Gasteiger charge is 2.20. The third-order valence-corrected chi connectivity index (χ3v) is 4.32. The van der Waals surface area contributed by atoms with E-state index in [2.05, 4.69) is 9.88 Å². The average molecular weight is 339 g/mol. The number of methoxy groups -OCH3 is 1. The number of piperidine rings is 1. The highest BCUT2D eigenvalue weighted by atomic mass is 16.5. The number of anilines is 1. The Bertz CT molecular complexity index is 768. The molecular formula is C19H21N3O3. The average Bonchev–Trinajstić information content (AvgIpc) is 2.67. The quantitative estimate of drug-likeness (QED) is 0.844. The summed E-state index contributed by atoms with van der Waals surface area (Å²) in [5.41, 5.74) is 2.50. The van der Waals surface area contributed by atoms with Gasteiger partial charge in [-0.1, -0.05) is 18.2 Å². The van der Waals surface area contributed by atoms with Crippen molar-refractivity contribution < 1.29 is 14.6 Å². The third-order valence-electron chi connectivity index (χ3n) is 4.32. The van der Waals surface area contributed by atoms with Crippen LogP contribution in [0.15, 0.2) is 42.7 Å². The van der Waals surface area contributed by atoms with E-state index in [-0.39, 0.29) is 0 Å². The molecule has 1 N–H and O–H groups in total. The van der Waals surface area contributed by atoms with E-state index >= 15 is 0 Å². The second-order valence-electron chi connectivity index (χ2n) is 5.98. The second kappa shape index (κ2) is 7.90. The number of nitrogens with zero attached hydrogens (tertiary/aromatic N) is 3. The first kappa shape index (κ1) is 17.1. The number of ether oxygens (including phenoxy) is 1. The molecule has 1 aromatic carbocycles. The summed E-state index contributed by atoms with van der Waals surface area (Å²) in [6.07, 6.45) is 8.50. The van der Waals surface area contributed by atoms with Crippen LogP contribution in [-0.4, -0.2) is 47.3 Å². The molecule has 2 heterocycles. The molecule has 0 saturated carbocycles. The maximum Gasteiger partial charge on any atom is 0.328 e. The Morgan fingerprint density at radius 3 is 2.84 bits per heavy atom. The first-order chi connectivity index (χ1) is 12.2. The Morgan fingerprint density at radius 1 is 1.32 bits per heavy atom. The van der Waals surface area contributed by atoms with E-state index in [9.17, 15) is 4.79 Å². The van der Waals surface area contributed by atoms with E-state index < -0.39 is 5.97 Å². The highest BCUT2D eigenvalue weighted by molar-refractivity contribution is 5.85. The molecule has 0 aliphatic carbocycles. The minimum atomic E-state index is -0.966. The van der Waals surface area contributed by atoms with E-state index in [0.717, 1.165) is 54.6 Å². The highest BCUT2D eigenvalue weighted by Crippen LogP contribution is 2.23. The number of carboxylic acid groups (broad SMARTS) is 1. The van der Waals surface area contributed by atoms with Gasteiger partial charge in [0.1, 0.15) is 5.82 Å². The van der Waals surface area contributed by atoms with Crippen molar-refractivity contribution in [3.63, 3.8) is 0 Å². The number of rotatable bonds is 5. The lowest BCUT2D eigenvalue weighted by Crippen LogP contribution is -2.37. The predicted octanol–water partition coefficient (Wildman–Crippen LogP) is 2.86. The summed E-state index contributed by atoms with van der Waals surface area (Å²) in [4.78, 5) is 22.0. The Kier molecular flexibility index (Phi) is 5.40. The molecule has 0 spiro atoms. The normalized spacial score (nSPS) is 15.6. The molecular weight excluding hydrogens is 318 g/mol. The summed E-state index contributed by atoms with van der Waals surface area (Å²) in [6.45, 7) is 1.80. The molecule has 0 unspecified atom stereocenters. The molecule has 0 radical (unpaired) electrons. The van der Waals surface area contributed by atoms with E-state index in [0.29, 0.717) is 6.10 Å². The van der Waals surface area contributed by atoms with E-state index in [1.807, 2.05) is 24.3 Å². The maximum atomic E-state index is 10.7. The number of aliphatic carboxylic acids is 1. The van der Waals surface area contributed by atoms with Crippen LogP contribution in [-0.2, 0) is 9.53 Å². The number of hydrogen-bond donors (Lipinski definition) is 1. The molecule has 0 amide bonds. The van der Waals surface area contributed by atoms with Gasteiger partial charge in [0.15, 0.2) is 0 Å². The topological polar surface area (TPSA) is 75.5 Å². The maximum absolute atomic E-state index is 10.7. The van der Waals surface area contributed by atoms with Crippen LogP contribution in [0.1, 0.15) is 18.4 Å². The van der Waals surface area contributed by atoms with Gasteiger partial charge in [-0.2, -0.15) is 0 Å². The van der Waals surface area contributed by atoms with Crippen LogP contribution in [0.25, 0.3) is 17.3 Å². The summed E-state index contributed by atoms with van der Waals surface area (Å²) >= 11 is 0. The van der Waals surface area contributed by atoms with Gasteiger partial charge in [0.25, 0.3) is 0 Å². The molecule has 25 heavy (non-hydrogen) atoms. The molecule has 1 aliphatic heterocycles. The standard InChI is InChI=1S/C19H21N3O3/c1-25-16-7-9-22(10-8-16)18-13-20-12-17(21-18)15-4-2-3-14(11-15)5-6-19(23)24/h2-6,11-13,16H,7-10H2,1H3,(H,23,24). The molecule has 1 aromatic heterocycles. The largest absolute Gasteiger partial charge is 0.478 e. The van der Waals surface area contributed by atoms with Crippen LogP contribution < -0.4 is 4.90 Å². The van der Waals surface area contributed by atoms with Gasteiger partial charge in [-0.05, 0) is 30.5 Å². The molecule has 6 heteroatoms. The Labute approximate surface area is 146 Å². The summed E-state index contributed by atoms with van der Waals surface area (Å²) < 4.78 is 5.41. The number of aromatic nitrogens is 2. The summed E-state index contributed by atoms with van der Waals surface area (Å²) in [7, 11) is 1.76. The SMILES string of the molecule is COC1CCN(c2cncc(-c3cccc(C=CC(=O)O)c3)n2)CC1. The Balaban J connectivity index is 1.80. The van der Waals surface area contributed by atoms with Crippen molar-refractivity contribution in [1.82, 2.24) is 9.97 Å². The number of carboxylic acids is 1. The zero-order valence-electron chi connectivity index (χ0n) is 14.1. The second-order valence-corrected chi connectivity index (χ2v) is 5.98. The van der Waals surface area contributed by atoms with Crippen LogP contribution in [0.3, 0.4) is 0 Å². The van der Waals surface area contributed by atoms with E-state index in [4.69, 9.17) is 14.8 Å². The molecule has 0 atom stereocenters. The Morgan fingerprint density at radius 2 is 2.12 bits per heavy atom. The van der Waals surface area contributed by atoms with Gasteiger partial charge >= 0.3 is 5.97 Å². The van der Waals surface area contributed by atoms with Crippen molar-refractivity contribution in [1.29, 1.82) is 0 Å². The monoisotopic (exact) mass is 339 g/mol. The molecule has 1 aliphatic rings. The smallest absolute Gasteiger partial charge is 0.328 e. The predicted molar refractivity (Wildman–Crippen MR) is 96.4 cm³/mol. The van der Waals surface area contributed by atoms with Crippen molar-refractivity contribution in [2.24, 2.45) is 0 Å². The molecule has 1 fully saturated rings. The van der Waals surface area contributed by atoms with Crippen LogP contribution >= 0.6 is 0 Å². The van der Waals surface area contributed by atoms with Gasteiger partial charge in [-0.15, -0.1) is 0 Å². The van der Waals surface area contributed by atoms with Crippen LogP contribution in [0.4, 0.5) is 5.82 Å². The van der Waals surface area contributed by atoms with Gasteiger partial charge in [0.05, 0.1) is 24.2 Å². The minimum Gasteiger partial charge on any atom is -0.478 e. The zero-order chi connectivity index (χ0) is 17.6. The lowest BCUT2D eigenvalue weighted by molar-refractivity contribution is -0.131. The van der Waals surface area contributed by atoms with Crippen LogP contribution in [0, 0.1) is 0 Å². The minimum absolute atomic E-state index is 0.324. The van der Waals surface area contributed by atoms with Gasteiger partial charge < -0.3 is 14.7 Å². The molecule has 0 bridgehead atoms. The zero-order valence-corrected chi connectivity index (χ0v) is 14.1. The van der Waals surface area contributed by atoms with E-state index in [1.165, 1.54) is 0 Å². The fraction of sp³-hybridized carbons (Fsp3) is 0.316. The van der Waals surface area contributed by atoms with Gasteiger partial charge in [-0.3, -0.25) is 4.98 Å². The van der Waals surface area contributed by atoms with Gasteiger partial charge in [0, 0.05) is 31.8 Å². The van der Waals surface area contributed by atoms with Crippen molar-refractivity contribution >= 4 is 17.9 Å². The number of benzene rings is 1. The van der Waals surface area contributed by atoms with E-state index in [1.54, 1.807) is 25.6 Å². The van der Waals surface area contributed by atoms with Crippen molar-refractivity contribution in [2.45, 2.75) is 18.9 Å². The summed E-state index contributed by atoms with van der Waals surface area (Å²) in [5, 5.41) is 8.75. The molecule has 130 valence electrons. The molecule has 2 aromatic rings. The summed E-state index contributed by atoms with van der Waals surface area (Å²) in [6, 6.07) is 7.60. The summed E-state index contributed by atoms with van der Waals surface area (Å²) in [5.74, 6) is -0.106. The Hall–Kier alpha value is -2.73. The van der Waals surface area contributed by atoms with Crippen LogP contribution in [0.2, 0.25) is 0 Å². The van der Waals surface area contributed by atoms with Crippen LogP contribution in [0.5, 0.6) is 0 Å². The van der Waals surface area contributed by atoms with Gasteiger partial charge in [0.2, 0.25) is 0 Å². The van der Waals surface area contributed by atoms with Crippen molar-refractivity contribution in [2.75, 3.05) is 25.1 Å². The third kappa shape index (κ3) is 4.42. The first-order valence-corrected chi connectivity index (χ1v) is 8.27. The lowest BCUT2D eigenvalue weighted by atomic mass is 10.1. The number of hydrogen-bond acceptors (Lipinski definition) is 5. The molecule has 6 nitrogen and oxygen atoms in total. The van der Waals surface area contributed by atoms with Crippen molar-refractivity contribution in [3.05, 3.63) is 48.3 Å². The number of carbonyl (C=O) groups is 1. The fourth-order valence-electron chi connectivity index (χ4n) is 2.94.